The Hall–Kier alpha value is -2.24. The van der Waals surface area contributed by atoms with Gasteiger partial charge in [-0.1, -0.05) is 18.2 Å². The van der Waals surface area contributed by atoms with Crippen molar-refractivity contribution in [3.63, 3.8) is 0 Å². The van der Waals surface area contributed by atoms with Crippen LogP contribution in [0.15, 0.2) is 30.3 Å². The van der Waals surface area contributed by atoms with Crippen LogP contribution < -0.4 is 10.1 Å². The quantitative estimate of drug-likeness (QED) is 0.861. The van der Waals surface area contributed by atoms with Crippen molar-refractivity contribution in [3.8, 4) is 5.75 Å². The van der Waals surface area contributed by atoms with Crippen LogP contribution in [0.3, 0.4) is 0 Å². The van der Waals surface area contributed by atoms with Crippen LogP contribution in [0.4, 0.5) is 4.79 Å². The van der Waals surface area contributed by atoms with Gasteiger partial charge in [-0.2, -0.15) is 0 Å². The van der Waals surface area contributed by atoms with Gasteiger partial charge >= 0.3 is 6.09 Å². The number of benzene rings is 1. The number of carbonyl (C=O) groups is 2. The molecule has 0 spiro atoms. The second-order valence-corrected chi connectivity index (χ2v) is 5.46. The van der Waals surface area contributed by atoms with E-state index in [-0.39, 0.29) is 18.6 Å². The molecule has 0 saturated carbocycles. The molecule has 0 aliphatic carbocycles. The highest BCUT2D eigenvalue weighted by Crippen LogP contribution is 2.18. The largest absolute Gasteiger partial charge is 0.484 e. The van der Waals surface area contributed by atoms with Crippen LogP contribution in [0.2, 0.25) is 0 Å². The maximum atomic E-state index is 11.8. The predicted molar refractivity (Wildman–Crippen MR) is 77.1 cm³/mol. The van der Waals surface area contributed by atoms with Crippen LogP contribution in [-0.4, -0.2) is 48.7 Å². The molecule has 1 aromatic carbocycles. The number of hydrogen-bond donors (Lipinski definition) is 1. The number of para-hydroxylation sites is 1. The Morgan fingerprint density at radius 2 is 2.10 bits per heavy atom. The average Bonchev–Trinajstić information content (AvgIpc) is 2.91. The van der Waals surface area contributed by atoms with Crippen LogP contribution in [-0.2, 0) is 9.53 Å². The van der Waals surface area contributed by atoms with Crippen LogP contribution in [0.25, 0.3) is 0 Å². The number of ether oxygens (including phenoxy) is 2. The van der Waals surface area contributed by atoms with Gasteiger partial charge < -0.3 is 14.8 Å². The molecule has 0 atom stereocenters. The summed E-state index contributed by atoms with van der Waals surface area (Å²) in [7, 11) is 0. The molecule has 1 fully saturated rings. The number of amides is 2. The van der Waals surface area contributed by atoms with E-state index in [1.54, 1.807) is 17.0 Å². The first-order chi connectivity index (χ1) is 9.99. The first kappa shape index (κ1) is 15.2. The SMILES string of the molecule is CC(C)(CNC(=O)COc1ccccc1)N1CCOC1=O. The second-order valence-electron chi connectivity index (χ2n) is 5.46. The fourth-order valence-corrected chi connectivity index (χ4v) is 2.07. The average molecular weight is 292 g/mol. The smallest absolute Gasteiger partial charge is 0.410 e. The van der Waals surface area contributed by atoms with Gasteiger partial charge in [-0.15, -0.1) is 0 Å². The first-order valence-electron chi connectivity index (χ1n) is 6.88. The molecule has 6 heteroatoms. The molecule has 114 valence electrons. The van der Waals surface area contributed by atoms with Gasteiger partial charge in [0, 0.05) is 6.54 Å². The van der Waals surface area contributed by atoms with Gasteiger partial charge in [0.25, 0.3) is 5.91 Å². The lowest BCUT2D eigenvalue weighted by Crippen LogP contribution is -2.52. The molecule has 6 nitrogen and oxygen atoms in total. The zero-order valence-corrected chi connectivity index (χ0v) is 12.3. The number of cyclic esters (lactones) is 1. The van der Waals surface area contributed by atoms with E-state index in [0.29, 0.717) is 25.4 Å². The van der Waals surface area contributed by atoms with E-state index < -0.39 is 5.54 Å². The number of hydrogen-bond acceptors (Lipinski definition) is 4. The monoisotopic (exact) mass is 292 g/mol. The van der Waals surface area contributed by atoms with Crippen molar-refractivity contribution in [2.45, 2.75) is 19.4 Å². The van der Waals surface area contributed by atoms with Crippen LogP contribution in [0.5, 0.6) is 5.75 Å². The molecule has 2 rings (SSSR count). The third-order valence-electron chi connectivity index (χ3n) is 3.32. The van der Waals surface area contributed by atoms with Gasteiger partial charge in [0.15, 0.2) is 6.61 Å². The molecule has 1 aliphatic heterocycles. The molecule has 1 heterocycles. The third-order valence-corrected chi connectivity index (χ3v) is 3.32. The minimum Gasteiger partial charge on any atom is -0.484 e. The lowest BCUT2D eigenvalue weighted by atomic mass is 10.0. The Labute approximate surface area is 124 Å². The number of nitrogens with one attached hydrogen (secondary N) is 1. The Morgan fingerprint density at radius 3 is 2.71 bits per heavy atom. The summed E-state index contributed by atoms with van der Waals surface area (Å²) in [5.41, 5.74) is -0.490. The molecule has 2 amide bonds. The van der Waals surface area contributed by atoms with Crippen LogP contribution >= 0.6 is 0 Å². The number of carbonyl (C=O) groups excluding carboxylic acids is 2. The van der Waals surface area contributed by atoms with Crippen LogP contribution in [0, 0.1) is 0 Å². The van der Waals surface area contributed by atoms with Gasteiger partial charge in [0.1, 0.15) is 12.4 Å². The summed E-state index contributed by atoms with van der Waals surface area (Å²) in [6, 6.07) is 9.14. The molecule has 1 saturated heterocycles. The minimum absolute atomic E-state index is 0.0511. The Balaban J connectivity index is 1.76. The molecule has 1 aromatic rings. The maximum Gasteiger partial charge on any atom is 0.410 e. The van der Waals surface area contributed by atoms with Gasteiger partial charge in [0.05, 0.1) is 12.1 Å². The van der Waals surface area contributed by atoms with Gasteiger partial charge in [-0.25, -0.2) is 4.79 Å². The highest BCUT2D eigenvalue weighted by atomic mass is 16.6. The van der Waals surface area contributed by atoms with E-state index in [1.165, 1.54) is 0 Å². The minimum atomic E-state index is -0.490. The fourth-order valence-electron chi connectivity index (χ4n) is 2.07. The first-order valence-corrected chi connectivity index (χ1v) is 6.88. The van der Waals surface area contributed by atoms with E-state index in [0.717, 1.165) is 0 Å². The van der Waals surface area contributed by atoms with Crippen molar-refractivity contribution < 1.29 is 19.1 Å². The highest BCUT2D eigenvalue weighted by Gasteiger charge is 2.35. The van der Waals surface area contributed by atoms with Gasteiger partial charge in [-0.3, -0.25) is 9.69 Å². The van der Waals surface area contributed by atoms with Crippen molar-refractivity contribution in [3.05, 3.63) is 30.3 Å². The van der Waals surface area contributed by atoms with Crippen molar-refractivity contribution >= 4 is 12.0 Å². The van der Waals surface area contributed by atoms with Gasteiger partial charge in [0.2, 0.25) is 0 Å². The Bertz CT molecular complexity index is 502. The molecule has 21 heavy (non-hydrogen) atoms. The zero-order valence-electron chi connectivity index (χ0n) is 12.3. The molecule has 1 aliphatic rings. The number of nitrogens with zero attached hydrogens (tertiary/aromatic N) is 1. The van der Waals surface area contributed by atoms with E-state index in [9.17, 15) is 9.59 Å². The third kappa shape index (κ3) is 4.11. The lowest BCUT2D eigenvalue weighted by Gasteiger charge is -2.33. The summed E-state index contributed by atoms with van der Waals surface area (Å²) in [5.74, 6) is 0.425. The van der Waals surface area contributed by atoms with Crippen molar-refractivity contribution in [2.24, 2.45) is 0 Å². The summed E-state index contributed by atoms with van der Waals surface area (Å²) in [5, 5.41) is 2.78. The van der Waals surface area contributed by atoms with Crippen molar-refractivity contribution in [1.29, 1.82) is 0 Å². The molecule has 0 radical (unpaired) electrons. The summed E-state index contributed by atoms with van der Waals surface area (Å²) < 4.78 is 10.3. The van der Waals surface area contributed by atoms with Crippen LogP contribution in [0.1, 0.15) is 13.8 Å². The lowest BCUT2D eigenvalue weighted by molar-refractivity contribution is -0.123. The standard InChI is InChI=1S/C15H20N2O4/c1-15(2,17-8-9-20-14(17)19)11-16-13(18)10-21-12-6-4-3-5-7-12/h3-7H,8-11H2,1-2H3,(H,16,18). The number of rotatable bonds is 6. The zero-order chi connectivity index (χ0) is 15.3. The molecular weight excluding hydrogens is 272 g/mol. The fraction of sp³-hybridized carbons (Fsp3) is 0.467. The molecule has 0 bridgehead atoms. The normalized spacial score (nSPS) is 14.8. The topological polar surface area (TPSA) is 67.9 Å². The Kier molecular flexibility index (Phi) is 4.67. The van der Waals surface area contributed by atoms with E-state index in [1.807, 2.05) is 32.0 Å². The summed E-state index contributed by atoms with van der Waals surface area (Å²) in [6.45, 7) is 5.01. The van der Waals surface area contributed by atoms with Crippen molar-refractivity contribution in [2.75, 3.05) is 26.3 Å². The Morgan fingerprint density at radius 1 is 1.38 bits per heavy atom. The van der Waals surface area contributed by atoms with E-state index >= 15 is 0 Å². The summed E-state index contributed by atoms with van der Waals surface area (Å²) in [4.78, 5) is 24.9. The van der Waals surface area contributed by atoms with E-state index in [2.05, 4.69) is 5.32 Å². The van der Waals surface area contributed by atoms with Gasteiger partial charge in [-0.05, 0) is 26.0 Å². The molecule has 0 unspecified atom stereocenters. The summed E-state index contributed by atoms with van der Waals surface area (Å²) in [6.07, 6.45) is -0.338. The summed E-state index contributed by atoms with van der Waals surface area (Å²) >= 11 is 0. The second kappa shape index (κ2) is 6.47. The maximum absolute atomic E-state index is 11.8. The van der Waals surface area contributed by atoms with Crippen molar-refractivity contribution in [1.82, 2.24) is 10.2 Å². The highest BCUT2D eigenvalue weighted by molar-refractivity contribution is 5.77. The molecule has 0 aromatic heterocycles. The molecule has 1 N–H and O–H groups in total. The molecular formula is C15H20N2O4. The predicted octanol–water partition coefficient (Wildman–Crippen LogP) is 1.41. The van der Waals surface area contributed by atoms with E-state index in [4.69, 9.17) is 9.47 Å².